The number of nitrogens with two attached hydrogens (primary N) is 1. The second kappa shape index (κ2) is 11.1. The van der Waals surface area contributed by atoms with E-state index in [2.05, 4.69) is 15.0 Å². The van der Waals surface area contributed by atoms with Crippen LogP contribution in [0.3, 0.4) is 0 Å². The summed E-state index contributed by atoms with van der Waals surface area (Å²) in [5.41, 5.74) is 7.61. The summed E-state index contributed by atoms with van der Waals surface area (Å²) in [6.07, 6.45) is 0. The maximum Gasteiger partial charge on any atom is 0.240 e. The van der Waals surface area contributed by atoms with Crippen molar-refractivity contribution in [2.45, 2.75) is 11.5 Å². The van der Waals surface area contributed by atoms with Crippen LogP contribution in [0.1, 0.15) is 5.56 Å². The lowest BCUT2D eigenvalue weighted by molar-refractivity contribution is 0.185. The molecule has 0 radical (unpaired) electrons. The van der Waals surface area contributed by atoms with Gasteiger partial charge in [-0.05, 0) is 18.2 Å². The van der Waals surface area contributed by atoms with Crippen molar-refractivity contribution in [1.29, 1.82) is 0 Å². The van der Waals surface area contributed by atoms with Gasteiger partial charge in [0, 0.05) is 24.9 Å². The summed E-state index contributed by atoms with van der Waals surface area (Å²) in [7, 11) is -1.91. The van der Waals surface area contributed by atoms with Crippen molar-refractivity contribution >= 4 is 45.6 Å². The van der Waals surface area contributed by atoms with Crippen LogP contribution >= 0.6 is 24.0 Å². The zero-order chi connectivity index (χ0) is 18.1. The van der Waals surface area contributed by atoms with Crippen molar-refractivity contribution in [3.8, 4) is 0 Å². The van der Waals surface area contributed by atoms with Crippen molar-refractivity contribution < 1.29 is 13.2 Å². The number of methoxy groups -OCH3 is 1. The molecule has 9 heteroatoms. The average molecular weight is 490 g/mol. The molecule has 0 fully saturated rings. The fourth-order valence-corrected chi connectivity index (χ4v) is 3.18. The molecule has 0 amide bonds. The number of para-hydroxylation sites is 1. The quantitative estimate of drug-likeness (QED) is 0.228. The van der Waals surface area contributed by atoms with Gasteiger partial charge in [0.05, 0.1) is 18.0 Å². The first-order valence-corrected chi connectivity index (χ1v) is 9.20. The second-order valence-corrected chi connectivity index (χ2v) is 6.96. The topological polar surface area (TPSA) is 106 Å². The number of anilines is 1. The van der Waals surface area contributed by atoms with Crippen LogP contribution < -0.4 is 15.8 Å². The van der Waals surface area contributed by atoms with E-state index in [1.807, 2.05) is 24.3 Å². The van der Waals surface area contributed by atoms with Gasteiger partial charge in [0.1, 0.15) is 0 Å². The molecule has 142 valence electrons. The Hall–Kier alpha value is -1.69. The van der Waals surface area contributed by atoms with E-state index in [1.54, 1.807) is 25.3 Å². The molecule has 0 aliphatic carbocycles. The molecule has 2 rings (SSSR count). The molecule has 0 unspecified atom stereocenters. The van der Waals surface area contributed by atoms with E-state index >= 15 is 0 Å². The molecular formula is C17H23IN4O3S. The number of halogens is 1. The molecule has 4 N–H and O–H groups in total. The number of nitrogens with one attached hydrogen (secondary N) is 2. The lowest BCUT2D eigenvalue weighted by Gasteiger charge is -2.11. The second-order valence-electron chi connectivity index (χ2n) is 5.19. The third-order valence-electron chi connectivity index (χ3n) is 3.32. The lowest BCUT2D eigenvalue weighted by Crippen LogP contribution is -2.28. The van der Waals surface area contributed by atoms with Gasteiger partial charge in [0.15, 0.2) is 5.96 Å². The van der Waals surface area contributed by atoms with Gasteiger partial charge in [0.25, 0.3) is 0 Å². The molecule has 0 saturated heterocycles. The highest BCUT2D eigenvalue weighted by atomic mass is 127. The van der Waals surface area contributed by atoms with E-state index < -0.39 is 10.0 Å². The van der Waals surface area contributed by atoms with Crippen molar-refractivity contribution in [3.05, 3.63) is 60.2 Å². The van der Waals surface area contributed by atoms with Crippen LogP contribution in [0.25, 0.3) is 0 Å². The summed E-state index contributed by atoms with van der Waals surface area (Å²) < 4.78 is 31.7. The Bertz CT molecular complexity index is 814. The molecule has 0 saturated carbocycles. The standard InChI is InChI=1S/C17H22N4O3S.HI/c1-24-13-14-7-5-6-10-16(14)21-17(18)19-11-12-20-25(22,23)15-8-3-2-4-9-15;/h2-10,20H,11-13H2,1H3,(H3,18,19,21);1H. The molecule has 0 bridgehead atoms. The Morgan fingerprint density at radius 2 is 1.77 bits per heavy atom. The largest absolute Gasteiger partial charge is 0.380 e. The number of benzene rings is 2. The van der Waals surface area contributed by atoms with E-state index in [0.29, 0.717) is 6.61 Å². The van der Waals surface area contributed by atoms with Crippen LogP contribution in [0.5, 0.6) is 0 Å². The molecule has 7 nitrogen and oxygen atoms in total. The number of ether oxygens (including phenoxy) is 1. The predicted octanol–water partition coefficient (Wildman–Crippen LogP) is 2.16. The third-order valence-corrected chi connectivity index (χ3v) is 4.80. The zero-order valence-electron chi connectivity index (χ0n) is 14.4. The highest BCUT2D eigenvalue weighted by Gasteiger charge is 2.11. The average Bonchev–Trinajstić information content (AvgIpc) is 2.61. The van der Waals surface area contributed by atoms with Crippen LogP contribution in [-0.2, 0) is 21.4 Å². The van der Waals surface area contributed by atoms with Crippen molar-refractivity contribution in [2.75, 3.05) is 25.5 Å². The molecule has 2 aromatic carbocycles. The summed E-state index contributed by atoms with van der Waals surface area (Å²) >= 11 is 0. The monoisotopic (exact) mass is 490 g/mol. The van der Waals surface area contributed by atoms with Gasteiger partial charge in [-0.25, -0.2) is 13.1 Å². The number of guanidine groups is 1. The Balaban J connectivity index is 0.00000338. The maximum atomic E-state index is 12.1. The molecule has 0 aliphatic rings. The van der Waals surface area contributed by atoms with Gasteiger partial charge >= 0.3 is 0 Å². The summed E-state index contributed by atoms with van der Waals surface area (Å²) in [5.74, 6) is 0.211. The van der Waals surface area contributed by atoms with Gasteiger partial charge in [-0.1, -0.05) is 36.4 Å². The van der Waals surface area contributed by atoms with E-state index in [0.717, 1.165) is 11.3 Å². The molecule has 0 heterocycles. The van der Waals surface area contributed by atoms with E-state index in [-0.39, 0.29) is 47.9 Å². The van der Waals surface area contributed by atoms with Gasteiger partial charge in [0.2, 0.25) is 10.0 Å². The summed E-state index contributed by atoms with van der Waals surface area (Å²) in [4.78, 5) is 4.35. The summed E-state index contributed by atoms with van der Waals surface area (Å²) in [5, 5.41) is 3.00. The molecule has 0 aromatic heterocycles. The molecule has 0 spiro atoms. The summed E-state index contributed by atoms with van der Waals surface area (Å²) in [6.45, 7) is 0.823. The number of hydrogen-bond acceptors (Lipinski definition) is 4. The first kappa shape index (κ1) is 22.4. The highest BCUT2D eigenvalue weighted by molar-refractivity contribution is 14.0. The van der Waals surface area contributed by atoms with Crippen molar-refractivity contribution in [3.63, 3.8) is 0 Å². The number of aliphatic imine (C=N–C) groups is 1. The van der Waals surface area contributed by atoms with Crippen LogP contribution in [0.15, 0.2) is 64.5 Å². The Labute approximate surface area is 171 Å². The fourth-order valence-electron chi connectivity index (χ4n) is 2.14. The van der Waals surface area contributed by atoms with Crippen molar-refractivity contribution in [2.24, 2.45) is 10.7 Å². The van der Waals surface area contributed by atoms with Gasteiger partial charge in [-0.3, -0.25) is 4.99 Å². The SMILES string of the molecule is COCc1ccccc1NC(N)=NCCNS(=O)(=O)c1ccccc1.I. The zero-order valence-corrected chi connectivity index (χ0v) is 17.5. The number of hydrogen-bond donors (Lipinski definition) is 3. The molecule has 26 heavy (non-hydrogen) atoms. The Morgan fingerprint density at radius 3 is 2.46 bits per heavy atom. The first-order valence-electron chi connectivity index (χ1n) is 7.71. The predicted molar refractivity (Wildman–Crippen MR) is 114 cm³/mol. The number of nitrogens with zero attached hydrogens (tertiary/aromatic N) is 1. The number of rotatable bonds is 8. The smallest absolute Gasteiger partial charge is 0.240 e. The molecule has 0 atom stereocenters. The summed E-state index contributed by atoms with van der Waals surface area (Å²) in [6, 6.07) is 15.8. The van der Waals surface area contributed by atoms with E-state index in [1.165, 1.54) is 12.1 Å². The minimum atomic E-state index is -3.53. The van der Waals surface area contributed by atoms with Crippen LogP contribution in [0.4, 0.5) is 5.69 Å². The molecule has 2 aromatic rings. The first-order chi connectivity index (χ1) is 12.0. The normalized spacial score (nSPS) is 11.7. The Kier molecular flexibility index (Phi) is 9.55. The van der Waals surface area contributed by atoms with Crippen LogP contribution in [0, 0.1) is 0 Å². The Morgan fingerprint density at radius 1 is 1.12 bits per heavy atom. The van der Waals surface area contributed by atoms with Gasteiger partial charge < -0.3 is 15.8 Å². The van der Waals surface area contributed by atoms with Gasteiger partial charge in [-0.15, -0.1) is 24.0 Å². The van der Waals surface area contributed by atoms with E-state index in [9.17, 15) is 8.42 Å². The van der Waals surface area contributed by atoms with Crippen LogP contribution in [-0.4, -0.2) is 34.6 Å². The third kappa shape index (κ3) is 6.90. The number of sulfonamides is 1. The minimum absolute atomic E-state index is 0. The fraction of sp³-hybridized carbons (Fsp3) is 0.235. The lowest BCUT2D eigenvalue weighted by atomic mass is 10.2. The maximum absolute atomic E-state index is 12.1. The van der Waals surface area contributed by atoms with Crippen molar-refractivity contribution in [1.82, 2.24) is 4.72 Å². The van der Waals surface area contributed by atoms with Gasteiger partial charge in [-0.2, -0.15) is 0 Å². The minimum Gasteiger partial charge on any atom is -0.380 e. The molecular weight excluding hydrogens is 467 g/mol. The van der Waals surface area contributed by atoms with E-state index in [4.69, 9.17) is 10.5 Å². The van der Waals surface area contributed by atoms with Crippen LogP contribution in [0.2, 0.25) is 0 Å². The molecule has 0 aliphatic heterocycles. The highest BCUT2D eigenvalue weighted by Crippen LogP contribution is 2.15.